The van der Waals surface area contributed by atoms with Crippen LogP contribution in [-0.2, 0) is 6.54 Å². The number of pyridine rings is 1. The van der Waals surface area contributed by atoms with E-state index in [4.69, 9.17) is 0 Å². The zero-order chi connectivity index (χ0) is 13.9. The second kappa shape index (κ2) is 5.75. The van der Waals surface area contributed by atoms with Crippen LogP contribution in [0.3, 0.4) is 0 Å². The van der Waals surface area contributed by atoms with Crippen molar-refractivity contribution in [2.45, 2.75) is 45.3 Å². The molecule has 106 valence electrons. The van der Waals surface area contributed by atoms with Gasteiger partial charge in [-0.25, -0.2) is 0 Å². The highest BCUT2D eigenvalue weighted by molar-refractivity contribution is 5.14. The molecule has 0 radical (unpaired) electrons. The highest BCUT2D eigenvalue weighted by Crippen LogP contribution is 2.29. The Morgan fingerprint density at radius 1 is 1.40 bits per heavy atom. The average molecular weight is 270 g/mol. The van der Waals surface area contributed by atoms with Crippen LogP contribution in [0.1, 0.15) is 36.9 Å². The van der Waals surface area contributed by atoms with Crippen molar-refractivity contribution in [2.75, 3.05) is 6.54 Å². The van der Waals surface area contributed by atoms with E-state index in [0.29, 0.717) is 12.1 Å². The minimum atomic E-state index is 0.424. The lowest BCUT2D eigenvalue weighted by molar-refractivity contribution is 0.173. The van der Waals surface area contributed by atoms with E-state index in [1.807, 2.05) is 24.7 Å². The lowest BCUT2D eigenvalue weighted by atomic mass is 10.1. The van der Waals surface area contributed by atoms with Gasteiger partial charge in [0.15, 0.2) is 0 Å². The van der Waals surface area contributed by atoms with E-state index < -0.39 is 0 Å². The van der Waals surface area contributed by atoms with Crippen molar-refractivity contribution in [1.29, 1.82) is 0 Å². The van der Waals surface area contributed by atoms with Gasteiger partial charge in [-0.3, -0.25) is 14.6 Å². The van der Waals surface area contributed by atoms with E-state index in [1.54, 1.807) is 0 Å². The molecule has 1 fully saturated rings. The van der Waals surface area contributed by atoms with Crippen LogP contribution < -0.4 is 0 Å². The molecule has 20 heavy (non-hydrogen) atoms. The van der Waals surface area contributed by atoms with Crippen LogP contribution in [-0.4, -0.2) is 32.3 Å². The Morgan fingerprint density at radius 2 is 2.30 bits per heavy atom. The SMILES string of the molecule is Cc1cnn(C[C@@H]2CCCN2[C@H](C)c2cccnc2)c1. The summed E-state index contributed by atoms with van der Waals surface area (Å²) in [5.41, 5.74) is 2.53. The molecule has 1 aliphatic heterocycles. The molecule has 2 aromatic heterocycles. The van der Waals surface area contributed by atoms with Crippen LogP contribution in [0.5, 0.6) is 0 Å². The van der Waals surface area contributed by atoms with Gasteiger partial charge in [0.2, 0.25) is 0 Å². The molecule has 0 bridgehead atoms. The standard InChI is InChI=1S/C16H22N4/c1-13-9-18-19(11-13)12-16-6-4-8-20(16)14(2)15-5-3-7-17-10-15/h3,5,7,9-11,14,16H,4,6,8,12H2,1-2H3/t14-,16+/m1/s1. The van der Waals surface area contributed by atoms with Crippen LogP contribution in [0.4, 0.5) is 0 Å². The fourth-order valence-corrected chi connectivity index (χ4v) is 3.16. The van der Waals surface area contributed by atoms with Crippen molar-refractivity contribution >= 4 is 0 Å². The van der Waals surface area contributed by atoms with Crippen LogP contribution in [0.25, 0.3) is 0 Å². The lowest BCUT2D eigenvalue weighted by Gasteiger charge is -2.30. The molecule has 4 nitrogen and oxygen atoms in total. The Labute approximate surface area is 120 Å². The third-order valence-corrected chi connectivity index (χ3v) is 4.25. The lowest BCUT2D eigenvalue weighted by Crippen LogP contribution is -2.35. The third-order valence-electron chi connectivity index (χ3n) is 4.25. The van der Waals surface area contributed by atoms with Gasteiger partial charge in [-0.05, 0) is 50.4 Å². The fourth-order valence-electron chi connectivity index (χ4n) is 3.16. The highest BCUT2D eigenvalue weighted by atomic mass is 15.3. The topological polar surface area (TPSA) is 34.0 Å². The Bertz CT molecular complexity index is 549. The summed E-state index contributed by atoms with van der Waals surface area (Å²) >= 11 is 0. The van der Waals surface area contributed by atoms with Gasteiger partial charge in [-0.2, -0.15) is 5.10 Å². The van der Waals surface area contributed by atoms with Crippen molar-refractivity contribution in [3.63, 3.8) is 0 Å². The predicted molar refractivity (Wildman–Crippen MR) is 79.3 cm³/mol. The van der Waals surface area contributed by atoms with Crippen LogP contribution in [0.15, 0.2) is 36.9 Å². The number of aryl methyl sites for hydroxylation is 1. The molecule has 1 saturated heterocycles. The number of hydrogen-bond acceptors (Lipinski definition) is 3. The predicted octanol–water partition coefficient (Wildman–Crippen LogP) is 2.81. The maximum absolute atomic E-state index is 4.42. The van der Waals surface area contributed by atoms with E-state index in [9.17, 15) is 0 Å². The molecule has 0 aromatic carbocycles. The maximum Gasteiger partial charge on any atom is 0.0565 e. The van der Waals surface area contributed by atoms with Crippen molar-refractivity contribution in [2.24, 2.45) is 0 Å². The van der Waals surface area contributed by atoms with Gasteiger partial charge in [0.25, 0.3) is 0 Å². The van der Waals surface area contributed by atoms with E-state index in [-0.39, 0.29) is 0 Å². The van der Waals surface area contributed by atoms with E-state index in [1.165, 1.54) is 30.5 Å². The molecule has 1 aliphatic rings. The number of hydrogen-bond donors (Lipinski definition) is 0. The maximum atomic E-state index is 4.42. The fraction of sp³-hybridized carbons (Fsp3) is 0.500. The van der Waals surface area contributed by atoms with Gasteiger partial charge in [0.05, 0.1) is 12.7 Å². The van der Waals surface area contributed by atoms with Crippen molar-refractivity contribution < 1.29 is 0 Å². The first-order valence-corrected chi connectivity index (χ1v) is 7.39. The minimum absolute atomic E-state index is 0.424. The number of nitrogens with zero attached hydrogens (tertiary/aromatic N) is 4. The van der Waals surface area contributed by atoms with Crippen molar-refractivity contribution in [3.8, 4) is 0 Å². The molecule has 0 amide bonds. The van der Waals surface area contributed by atoms with Gasteiger partial charge in [-0.15, -0.1) is 0 Å². The summed E-state index contributed by atoms with van der Waals surface area (Å²) in [4.78, 5) is 6.84. The molecule has 4 heteroatoms. The van der Waals surface area contributed by atoms with Gasteiger partial charge in [-0.1, -0.05) is 6.07 Å². The zero-order valence-corrected chi connectivity index (χ0v) is 12.2. The van der Waals surface area contributed by atoms with E-state index in [2.05, 4.69) is 45.8 Å². The Balaban J connectivity index is 1.72. The summed E-state index contributed by atoms with van der Waals surface area (Å²) < 4.78 is 2.08. The summed E-state index contributed by atoms with van der Waals surface area (Å²) in [6, 6.07) is 5.19. The molecular formula is C16H22N4. The Morgan fingerprint density at radius 3 is 3.00 bits per heavy atom. The molecule has 0 saturated carbocycles. The summed E-state index contributed by atoms with van der Waals surface area (Å²) in [6.45, 7) is 6.53. The monoisotopic (exact) mass is 270 g/mol. The first-order valence-electron chi connectivity index (χ1n) is 7.39. The number of likely N-dealkylation sites (tertiary alicyclic amines) is 1. The van der Waals surface area contributed by atoms with Gasteiger partial charge in [0.1, 0.15) is 0 Å². The smallest absolute Gasteiger partial charge is 0.0565 e. The molecule has 0 N–H and O–H groups in total. The molecule has 3 heterocycles. The summed E-state index contributed by atoms with van der Waals surface area (Å²) in [5, 5.41) is 4.42. The molecule has 3 rings (SSSR count). The first kappa shape index (κ1) is 13.3. The molecule has 0 aliphatic carbocycles. The van der Waals surface area contributed by atoms with Crippen molar-refractivity contribution in [1.82, 2.24) is 19.7 Å². The zero-order valence-electron chi connectivity index (χ0n) is 12.2. The van der Waals surface area contributed by atoms with Crippen LogP contribution in [0, 0.1) is 6.92 Å². The quantitative estimate of drug-likeness (QED) is 0.856. The second-order valence-corrected chi connectivity index (χ2v) is 5.74. The largest absolute Gasteiger partial charge is 0.292 e. The van der Waals surface area contributed by atoms with Crippen LogP contribution >= 0.6 is 0 Å². The van der Waals surface area contributed by atoms with Crippen LogP contribution in [0.2, 0.25) is 0 Å². The number of rotatable bonds is 4. The molecular weight excluding hydrogens is 248 g/mol. The third kappa shape index (κ3) is 2.75. The van der Waals surface area contributed by atoms with E-state index in [0.717, 1.165) is 6.54 Å². The summed E-state index contributed by atoms with van der Waals surface area (Å²) in [7, 11) is 0. The molecule has 0 unspecified atom stereocenters. The Hall–Kier alpha value is -1.68. The van der Waals surface area contributed by atoms with Gasteiger partial charge < -0.3 is 0 Å². The molecule has 0 spiro atoms. The molecule has 2 aromatic rings. The van der Waals surface area contributed by atoms with Gasteiger partial charge >= 0.3 is 0 Å². The normalized spacial score (nSPS) is 21.2. The second-order valence-electron chi connectivity index (χ2n) is 5.74. The summed E-state index contributed by atoms with van der Waals surface area (Å²) in [5.74, 6) is 0. The number of aromatic nitrogens is 3. The first-order chi connectivity index (χ1) is 9.74. The Kier molecular flexibility index (Phi) is 3.83. The molecule has 2 atom stereocenters. The summed E-state index contributed by atoms with van der Waals surface area (Å²) in [6.07, 6.45) is 10.4. The highest BCUT2D eigenvalue weighted by Gasteiger charge is 2.29. The van der Waals surface area contributed by atoms with Gasteiger partial charge in [0, 0.05) is 30.7 Å². The minimum Gasteiger partial charge on any atom is -0.292 e. The van der Waals surface area contributed by atoms with Crippen molar-refractivity contribution in [3.05, 3.63) is 48.0 Å². The average Bonchev–Trinajstić information content (AvgIpc) is 3.09. The van der Waals surface area contributed by atoms with E-state index >= 15 is 0 Å².